The summed E-state index contributed by atoms with van der Waals surface area (Å²) in [6, 6.07) is 26.9. The molecule has 0 aliphatic heterocycles. The molecule has 0 saturated carbocycles. The minimum absolute atomic E-state index is 0.170. The van der Waals surface area contributed by atoms with Crippen LogP contribution in [-0.2, 0) is 15.6 Å². The molecule has 0 saturated heterocycles. The average molecular weight is 486 g/mol. The molecule has 0 radical (unpaired) electrons. The van der Waals surface area contributed by atoms with E-state index in [1.807, 2.05) is 6.07 Å². The maximum Gasteiger partial charge on any atom is 0.323 e. The molecule has 4 rings (SSSR count). The van der Waals surface area contributed by atoms with Crippen molar-refractivity contribution < 1.29 is 17.6 Å². The van der Waals surface area contributed by atoms with Gasteiger partial charge in [-0.3, -0.25) is 0 Å². The minimum atomic E-state index is -3.63. The number of hydrogen-bond acceptors (Lipinski definition) is 4. The summed E-state index contributed by atoms with van der Waals surface area (Å²) in [5.74, 6) is -0.570. The van der Waals surface area contributed by atoms with Crippen LogP contribution >= 0.6 is 0 Å². The van der Waals surface area contributed by atoms with Crippen LogP contribution in [0.25, 0.3) is 11.1 Å². The maximum absolute atomic E-state index is 13.2. The van der Waals surface area contributed by atoms with Crippen LogP contribution in [-0.4, -0.2) is 14.4 Å². The molecule has 0 aromatic heterocycles. The number of carbonyl (C=O) groups is 1. The summed E-state index contributed by atoms with van der Waals surface area (Å²) in [4.78, 5) is 12.4. The van der Waals surface area contributed by atoms with E-state index in [0.29, 0.717) is 28.1 Å². The summed E-state index contributed by atoms with van der Waals surface area (Å²) in [6.45, 7) is 0. The molecule has 4 aromatic rings. The zero-order valence-electron chi connectivity index (χ0n) is 18.4. The highest BCUT2D eigenvalue weighted by Crippen LogP contribution is 2.25. The van der Waals surface area contributed by atoms with Crippen LogP contribution < -0.4 is 10.6 Å². The number of hydrogen-bond donors (Lipinski definition) is 2. The molecule has 0 atom stereocenters. The fraction of sp³-hybridized carbons (Fsp3) is 0.0370. The lowest BCUT2D eigenvalue weighted by atomic mass is 10.1. The van der Waals surface area contributed by atoms with E-state index in [-0.39, 0.29) is 16.5 Å². The molecule has 0 aliphatic rings. The van der Waals surface area contributed by atoms with Crippen LogP contribution in [0.4, 0.5) is 20.6 Å². The summed E-state index contributed by atoms with van der Waals surface area (Å²) in [7, 11) is -3.63. The molecule has 8 heteroatoms. The van der Waals surface area contributed by atoms with Crippen LogP contribution in [0, 0.1) is 17.1 Å². The fourth-order valence-electron chi connectivity index (χ4n) is 3.42. The number of carbonyl (C=O) groups excluding carboxylic acids is 1. The Balaban J connectivity index is 1.41. The quantitative estimate of drug-likeness (QED) is 0.351. The Kier molecular flexibility index (Phi) is 6.90. The van der Waals surface area contributed by atoms with Gasteiger partial charge < -0.3 is 10.6 Å². The number of nitrogens with one attached hydrogen (secondary N) is 2. The van der Waals surface area contributed by atoms with Crippen molar-refractivity contribution in [1.29, 1.82) is 5.26 Å². The second-order valence-corrected chi connectivity index (χ2v) is 9.75. The van der Waals surface area contributed by atoms with Gasteiger partial charge >= 0.3 is 6.03 Å². The first-order chi connectivity index (χ1) is 16.8. The second-order valence-electron chi connectivity index (χ2n) is 7.76. The number of urea groups is 1. The number of anilines is 2. The lowest BCUT2D eigenvalue weighted by Gasteiger charge is -2.10. The molecule has 0 unspecified atom stereocenters. The Morgan fingerprint density at radius 1 is 0.800 bits per heavy atom. The van der Waals surface area contributed by atoms with Crippen LogP contribution in [0.5, 0.6) is 0 Å². The summed E-state index contributed by atoms with van der Waals surface area (Å²) >= 11 is 0. The maximum atomic E-state index is 13.2. The van der Waals surface area contributed by atoms with E-state index in [9.17, 15) is 17.6 Å². The van der Waals surface area contributed by atoms with Gasteiger partial charge in [0, 0.05) is 11.4 Å². The third-order valence-corrected chi connectivity index (χ3v) is 6.90. The Morgan fingerprint density at radius 3 is 2.00 bits per heavy atom. The normalized spacial score (nSPS) is 10.9. The van der Waals surface area contributed by atoms with E-state index >= 15 is 0 Å². The number of benzene rings is 4. The van der Waals surface area contributed by atoms with Gasteiger partial charge in [-0.2, -0.15) is 5.26 Å². The van der Waals surface area contributed by atoms with Gasteiger partial charge in [0.1, 0.15) is 5.82 Å². The number of halogens is 1. The van der Waals surface area contributed by atoms with E-state index < -0.39 is 15.9 Å². The van der Waals surface area contributed by atoms with Crippen molar-refractivity contribution >= 4 is 27.2 Å². The summed E-state index contributed by atoms with van der Waals surface area (Å²) < 4.78 is 39.2. The average Bonchev–Trinajstić information content (AvgIpc) is 2.86. The van der Waals surface area contributed by atoms with Crippen molar-refractivity contribution in [3.63, 3.8) is 0 Å². The molecule has 2 amide bonds. The largest absolute Gasteiger partial charge is 0.323 e. The van der Waals surface area contributed by atoms with Gasteiger partial charge in [0.25, 0.3) is 0 Å². The van der Waals surface area contributed by atoms with Gasteiger partial charge in [-0.15, -0.1) is 0 Å². The van der Waals surface area contributed by atoms with Crippen LogP contribution in [0.2, 0.25) is 0 Å². The monoisotopic (exact) mass is 485 g/mol. The Hall–Kier alpha value is -4.48. The molecule has 0 fully saturated rings. The van der Waals surface area contributed by atoms with E-state index in [0.717, 1.165) is 5.56 Å². The molecule has 0 heterocycles. The molecule has 174 valence electrons. The first-order valence-corrected chi connectivity index (χ1v) is 12.2. The van der Waals surface area contributed by atoms with Gasteiger partial charge in [0.15, 0.2) is 9.84 Å². The van der Waals surface area contributed by atoms with Gasteiger partial charge in [-0.05, 0) is 77.4 Å². The highest BCUT2D eigenvalue weighted by atomic mass is 32.2. The van der Waals surface area contributed by atoms with Gasteiger partial charge in [0.2, 0.25) is 0 Å². The summed E-state index contributed by atoms with van der Waals surface area (Å²) in [5.41, 5.74) is 3.48. The first-order valence-electron chi connectivity index (χ1n) is 10.6. The number of nitrogens with zero attached hydrogens (tertiary/aromatic N) is 1. The smallest absolute Gasteiger partial charge is 0.308 e. The molecule has 2 N–H and O–H groups in total. The molecule has 0 aliphatic carbocycles. The lowest BCUT2D eigenvalue weighted by molar-refractivity contribution is 0.262. The van der Waals surface area contributed by atoms with E-state index in [4.69, 9.17) is 5.26 Å². The fourth-order valence-corrected chi connectivity index (χ4v) is 4.81. The Morgan fingerprint density at radius 2 is 1.40 bits per heavy atom. The standard InChI is InChI=1S/C27H20FN3O3S/c28-23-10-8-21(9-11-23)22-2-1-3-26(16-22)35(33,34)18-20-6-14-25(15-7-20)31-27(32)30-24-12-4-19(17-29)5-13-24/h1-16H,18H2,(H2,30,31,32). The predicted molar refractivity (Wildman–Crippen MR) is 133 cm³/mol. The van der Waals surface area contributed by atoms with Crippen molar-refractivity contribution in [3.8, 4) is 17.2 Å². The molecular formula is C27H20FN3O3S. The molecule has 6 nitrogen and oxygen atoms in total. The molecular weight excluding hydrogens is 465 g/mol. The first kappa shape index (κ1) is 23.7. The van der Waals surface area contributed by atoms with Gasteiger partial charge in [0.05, 0.1) is 22.3 Å². The zero-order valence-corrected chi connectivity index (χ0v) is 19.2. The van der Waals surface area contributed by atoms with Gasteiger partial charge in [-0.25, -0.2) is 17.6 Å². The number of sulfone groups is 1. The van der Waals surface area contributed by atoms with E-state index in [2.05, 4.69) is 10.6 Å². The zero-order chi connectivity index (χ0) is 24.8. The van der Waals surface area contributed by atoms with Crippen molar-refractivity contribution in [2.24, 2.45) is 0 Å². The van der Waals surface area contributed by atoms with Crippen LogP contribution in [0.1, 0.15) is 11.1 Å². The minimum Gasteiger partial charge on any atom is -0.308 e. The Bertz CT molecular complexity index is 1490. The molecule has 0 spiro atoms. The number of nitriles is 1. The lowest BCUT2D eigenvalue weighted by Crippen LogP contribution is -2.19. The highest BCUT2D eigenvalue weighted by Gasteiger charge is 2.16. The Labute approximate surface area is 202 Å². The van der Waals surface area contributed by atoms with Crippen LogP contribution in [0.3, 0.4) is 0 Å². The summed E-state index contributed by atoms with van der Waals surface area (Å²) in [5, 5.41) is 14.2. The SMILES string of the molecule is N#Cc1ccc(NC(=O)Nc2ccc(CS(=O)(=O)c3cccc(-c4ccc(F)cc4)c3)cc2)cc1. The number of rotatable bonds is 6. The van der Waals surface area contributed by atoms with Crippen LogP contribution in [0.15, 0.2) is 102 Å². The second kappa shape index (κ2) is 10.2. The van der Waals surface area contributed by atoms with Crippen molar-refractivity contribution in [2.45, 2.75) is 10.6 Å². The highest BCUT2D eigenvalue weighted by molar-refractivity contribution is 7.90. The van der Waals surface area contributed by atoms with E-state index in [1.165, 1.54) is 18.2 Å². The predicted octanol–water partition coefficient (Wildman–Crippen LogP) is 5.98. The van der Waals surface area contributed by atoms with Crippen molar-refractivity contribution in [1.82, 2.24) is 0 Å². The molecule has 0 bridgehead atoms. The molecule has 4 aromatic carbocycles. The van der Waals surface area contributed by atoms with Crippen molar-refractivity contribution in [3.05, 3.63) is 114 Å². The van der Waals surface area contributed by atoms with Gasteiger partial charge in [-0.1, -0.05) is 36.4 Å². The molecule has 35 heavy (non-hydrogen) atoms. The van der Waals surface area contributed by atoms with E-state index in [1.54, 1.807) is 78.9 Å². The third-order valence-electron chi connectivity index (χ3n) is 5.21. The number of amides is 2. The summed E-state index contributed by atoms with van der Waals surface area (Å²) in [6.07, 6.45) is 0. The van der Waals surface area contributed by atoms with Crippen molar-refractivity contribution in [2.75, 3.05) is 10.6 Å². The third kappa shape index (κ3) is 6.10. The topological polar surface area (TPSA) is 99.1 Å².